The van der Waals surface area contributed by atoms with Crippen LogP contribution in [-0.4, -0.2) is 11.7 Å². The lowest BCUT2D eigenvalue weighted by atomic mass is 9.50. The highest BCUT2D eigenvalue weighted by molar-refractivity contribution is 5.89. The van der Waals surface area contributed by atoms with Gasteiger partial charge in [-0.05, 0) is 35.3 Å². The lowest BCUT2D eigenvalue weighted by Gasteiger charge is -2.52. The van der Waals surface area contributed by atoms with Gasteiger partial charge in [-0.15, -0.1) is 0 Å². The molecular formula is C25H28N4O2. The van der Waals surface area contributed by atoms with Crippen molar-refractivity contribution in [3.05, 3.63) is 35.4 Å². The first-order valence-corrected chi connectivity index (χ1v) is 10.9. The number of ether oxygens (including phenoxy) is 2. The van der Waals surface area contributed by atoms with Crippen LogP contribution in [0.5, 0.6) is 0 Å². The van der Waals surface area contributed by atoms with E-state index in [0.29, 0.717) is 24.3 Å². The monoisotopic (exact) mass is 416 g/mol. The highest BCUT2D eigenvalue weighted by Gasteiger charge is 2.80. The Balaban J connectivity index is 1.90. The Kier molecular flexibility index (Phi) is 4.69. The van der Waals surface area contributed by atoms with Crippen molar-refractivity contribution < 1.29 is 9.47 Å². The minimum atomic E-state index is -1.87. The van der Waals surface area contributed by atoms with Crippen molar-refractivity contribution in [3.8, 4) is 18.2 Å². The summed E-state index contributed by atoms with van der Waals surface area (Å²) in [6, 6.07) is 14.2. The summed E-state index contributed by atoms with van der Waals surface area (Å²) >= 11 is 0. The van der Waals surface area contributed by atoms with Crippen LogP contribution in [0.1, 0.15) is 70.6 Å². The molecule has 4 rings (SSSR count). The second-order valence-electron chi connectivity index (χ2n) is 10.2. The molecule has 1 aliphatic carbocycles. The number of nitriles is 3. The molecule has 160 valence electrons. The molecule has 2 bridgehead atoms. The maximum Gasteiger partial charge on any atom is 0.217 e. The Morgan fingerprint density at radius 3 is 2.26 bits per heavy atom. The number of benzene rings is 1. The van der Waals surface area contributed by atoms with Gasteiger partial charge in [0.25, 0.3) is 0 Å². The quantitative estimate of drug-likeness (QED) is 0.718. The average molecular weight is 417 g/mol. The van der Waals surface area contributed by atoms with E-state index in [-0.39, 0.29) is 11.3 Å². The van der Waals surface area contributed by atoms with Gasteiger partial charge in [-0.25, -0.2) is 0 Å². The van der Waals surface area contributed by atoms with Gasteiger partial charge in [-0.2, -0.15) is 15.8 Å². The number of nitrogens with one attached hydrogen (secondary N) is 1. The molecule has 31 heavy (non-hydrogen) atoms. The molecule has 3 fully saturated rings. The molecule has 0 spiro atoms. The standard InChI is InChI=1S/C25H28N4O2/c1-5-16-10-11-25-19(12-16)24(15-28,21(29)31-25)23(13-26,14-27)20(30-25)17-6-8-18(9-7-17)22(2,3)4/h6-9,16,19-20,29H,5,10-12H2,1-4H3. The first kappa shape index (κ1) is 21.4. The molecule has 0 radical (unpaired) electrons. The highest BCUT2D eigenvalue weighted by atomic mass is 16.7. The van der Waals surface area contributed by atoms with Crippen molar-refractivity contribution in [2.45, 2.75) is 70.7 Å². The molecule has 1 aromatic rings. The predicted octanol–water partition coefficient (Wildman–Crippen LogP) is 5.13. The van der Waals surface area contributed by atoms with Gasteiger partial charge in [0.05, 0.1) is 24.1 Å². The fraction of sp³-hybridized carbons (Fsp3) is 0.600. The first-order valence-electron chi connectivity index (χ1n) is 10.9. The topological polar surface area (TPSA) is 114 Å². The van der Waals surface area contributed by atoms with E-state index in [0.717, 1.165) is 18.4 Å². The number of hydrogen-bond acceptors (Lipinski definition) is 6. The Morgan fingerprint density at radius 1 is 1.10 bits per heavy atom. The number of nitrogens with zero attached hydrogens (tertiary/aromatic N) is 3. The number of hydrogen-bond donors (Lipinski definition) is 1. The zero-order valence-corrected chi connectivity index (χ0v) is 18.5. The largest absolute Gasteiger partial charge is 0.447 e. The molecule has 5 atom stereocenters. The number of rotatable bonds is 2. The molecular weight excluding hydrogens is 388 g/mol. The molecule has 5 unspecified atom stereocenters. The normalized spacial score (nSPS) is 35.8. The molecule has 1 saturated carbocycles. The van der Waals surface area contributed by atoms with Crippen LogP contribution in [0.4, 0.5) is 0 Å². The third-order valence-electron chi connectivity index (χ3n) is 7.68. The fourth-order valence-corrected chi connectivity index (χ4v) is 5.75. The zero-order valence-electron chi connectivity index (χ0n) is 18.5. The van der Waals surface area contributed by atoms with Gasteiger partial charge in [0, 0.05) is 6.42 Å². The van der Waals surface area contributed by atoms with Crippen molar-refractivity contribution in [1.29, 1.82) is 21.2 Å². The molecule has 6 heteroatoms. The van der Waals surface area contributed by atoms with Crippen LogP contribution in [0.25, 0.3) is 0 Å². The molecule has 2 heterocycles. The van der Waals surface area contributed by atoms with Crippen LogP contribution in [-0.2, 0) is 14.9 Å². The molecule has 1 aromatic carbocycles. The Morgan fingerprint density at radius 2 is 1.74 bits per heavy atom. The molecule has 0 amide bonds. The summed E-state index contributed by atoms with van der Waals surface area (Å²) in [5, 5.41) is 39.8. The fourth-order valence-electron chi connectivity index (χ4n) is 5.75. The summed E-state index contributed by atoms with van der Waals surface area (Å²) in [6.07, 6.45) is 1.97. The van der Waals surface area contributed by atoms with Gasteiger partial charge in [-0.1, -0.05) is 58.4 Å². The van der Waals surface area contributed by atoms with Crippen molar-refractivity contribution >= 4 is 5.90 Å². The van der Waals surface area contributed by atoms with Gasteiger partial charge in [0.2, 0.25) is 17.1 Å². The molecule has 1 N–H and O–H groups in total. The van der Waals surface area contributed by atoms with Crippen molar-refractivity contribution in [2.75, 3.05) is 0 Å². The van der Waals surface area contributed by atoms with E-state index in [2.05, 4.69) is 45.9 Å². The van der Waals surface area contributed by atoms with Crippen LogP contribution in [0, 0.1) is 62.1 Å². The predicted molar refractivity (Wildman–Crippen MR) is 113 cm³/mol. The zero-order chi connectivity index (χ0) is 22.7. The average Bonchev–Trinajstić information content (AvgIpc) is 2.96. The maximum absolute atomic E-state index is 10.4. The summed E-state index contributed by atoms with van der Waals surface area (Å²) in [5.74, 6) is -1.60. The lowest BCUT2D eigenvalue weighted by molar-refractivity contribution is -0.299. The van der Waals surface area contributed by atoms with E-state index >= 15 is 0 Å². The van der Waals surface area contributed by atoms with E-state index in [1.807, 2.05) is 24.3 Å². The molecule has 2 aliphatic heterocycles. The lowest BCUT2D eigenvalue weighted by Crippen LogP contribution is -2.61. The van der Waals surface area contributed by atoms with Crippen LogP contribution in [0.2, 0.25) is 0 Å². The summed E-state index contributed by atoms with van der Waals surface area (Å²) in [5.41, 5.74) is -1.80. The molecule has 2 saturated heterocycles. The van der Waals surface area contributed by atoms with Crippen molar-refractivity contribution in [1.82, 2.24) is 0 Å². The van der Waals surface area contributed by atoms with Gasteiger partial charge < -0.3 is 9.47 Å². The van der Waals surface area contributed by atoms with Gasteiger partial charge in [-0.3, -0.25) is 5.41 Å². The van der Waals surface area contributed by atoms with Gasteiger partial charge >= 0.3 is 0 Å². The molecule has 3 aliphatic rings. The smallest absolute Gasteiger partial charge is 0.217 e. The van der Waals surface area contributed by atoms with E-state index < -0.39 is 28.6 Å². The Hall–Kier alpha value is -2.88. The van der Waals surface area contributed by atoms with Crippen molar-refractivity contribution in [2.24, 2.45) is 22.7 Å². The van der Waals surface area contributed by atoms with E-state index in [1.165, 1.54) is 0 Å². The van der Waals surface area contributed by atoms with E-state index in [4.69, 9.17) is 14.9 Å². The van der Waals surface area contributed by atoms with E-state index in [1.54, 1.807) is 0 Å². The van der Waals surface area contributed by atoms with Gasteiger partial charge in [0.1, 0.15) is 6.10 Å². The molecule has 6 nitrogen and oxygen atoms in total. The second-order valence-corrected chi connectivity index (χ2v) is 10.2. The van der Waals surface area contributed by atoms with E-state index in [9.17, 15) is 15.8 Å². The summed E-state index contributed by atoms with van der Waals surface area (Å²) in [7, 11) is 0. The summed E-state index contributed by atoms with van der Waals surface area (Å²) < 4.78 is 12.5. The first-order chi connectivity index (χ1) is 14.6. The van der Waals surface area contributed by atoms with Crippen LogP contribution in [0.3, 0.4) is 0 Å². The van der Waals surface area contributed by atoms with Gasteiger partial charge in [0.15, 0.2) is 5.41 Å². The highest BCUT2D eigenvalue weighted by Crippen LogP contribution is 2.70. The third kappa shape index (κ3) is 2.60. The minimum absolute atomic E-state index is 0.0477. The third-order valence-corrected chi connectivity index (χ3v) is 7.68. The van der Waals surface area contributed by atoms with Crippen LogP contribution >= 0.6 is 0 Å². The summed E-state index contributed by atoms with van der Waals surface area (Å²) in [4.78, 5) is 0. The minimum Gasteiger partial charge on any atom is -0.447 e. The van der Waals surface area contributed by atoms with Crippen LogP contribution in [0.15, 0.2) is 24.3 Å². The summed E-state index contributed by atoms with van der Waals surface area (Å²) in [6.45, 7) is 8.44. The SMILES string of the molecule is CCC1CCC23OC(=N)C(C#N)(C2C1)C(C#N)(C#N)C(c1ccc(C(C)(C)C)cc1)O3. The Bertz CT molecular complexity index is 1020. The Labute approximate surface area is 183 Å². The maximum atomic E-state index is 10.4. The molecule has 0 aromatic heterocycles. The van der Waals surface area contributed by atoms with Crippen LogP contribution < -0.4 is 0 Å². The second kappa shape index (κ2) is 6.81. The van der Waals surface area contributed by atoms with Crippen molar-refractivity contribution in [3.63, 3.8) is 0 Å².